The Morgan fingerprint density at radius 1 is 1.05 bits per heavy atom. The molecule has 2 N–H and O–H groups in total. The van der Waals surface area contributed by atoms with Crippen LogP contribution in [0.25, 0.3) is 0 Å². The zero-order valence-electron chi connectivity index (χ0n) is 21.2. The maximum atomic E-state index is 13.3. The van der Waals surface area contributed by atoms with E-state index in [-0.39, 0.29) is 28.2 Å². The molecule has 2 aromatic carbocycles. The van der Waals surface area contributed by atoms with Crippen LogP contribution in [0.5, 0.6) is 0 Å². The number of anilines is 2. The predicted octanol–water partition coefficient (Wildman–Crippen LogP) is 4.46. The summed E-state index contributed by atoms with van der Waals surface area (Å²) in [5.74, 6) is 0.147. The molecule has 1 saturated heterocycles. The molecule has 5 rings (SSSR count). The third-order valence-electron chi connectivity index (χ3n) is 7.26. The molecule has 3 heterocycles. The van der Waals surface area contributed by atoms with Crippen molar-refractivity contribution in [1.29, 1.82) is 0 Å². The molecule has 38 heavy (non-hydrogen) atoms. The second kappa shape index (κ2) is 10.8. The Bertz CT molecular complexity index is 1500. The molecule has 10 heteroatoms. The number of unbranched alkanes of at least 4 members (excludes halogenated alkanes) is 1. The highest BCUT2D eigenvalue weighted by atomic mass is 35.5. The van der Waals surface area contributed by atoms with Gasteiger partial charge in [-0.2, -0.15) is 0 Å². The number of fused-ring (bicyclic) bond motifs is 4. The third kappa shape index (κ3) is 5.44. The summed E-state index contributed by atoms with van der Waals surface area (Å²) in [4.78, 5) is 27.5. The SMILES string of the molecule is CCCCNC(=O)c1ccc(N2C[C@H]3C[C@@H](C2)c2cccc(=O)n2C3)c(NS(=O)(=O)c2ccc(Cl)cc2)c1. The van der Waals surface area contributed by atoms with Crippen LogP contribution >= 0.6 is 11.6 Å². The molecule has 3 aromatic rings. The van der Waals surface area contributed by atoms with Gasteiger partial charge in [-0.15, -0.1) is 0 Å². The first-order chi connectivity index (χ1) is 18.2. The maximum Gasteiger partial charge on any atom is 0.261 e. The van der Waals surface area contributed by atoms with Crippen molar-refractivity contribution in [2.45, 2.75) is 43.5 Å². The molecule has 8 nitrogen and oxygen atoms in total. The van der Waals surface area contributed by atoms with E-state index >= 15 is 0 Å². The predicted molar refractivity (Wildman–Crippen MR) is 150 cm³/mol. The van der Waals surface area contributed by atoms with Gasteiger partial charge in [0.2, 0.25) is 0 Å². The van der Waals surface area contributed by atoms with Crippen molar-refractivity contribution in [1.82, 2.24) is 9.88 Å². The quantitative estimate of drug-likeness (QED) is 0.401. The van der Waals surface area contributed by atoms with Gasteiger partial charge in [0.15, 0.2) is 0 Å². The van der Waals surface area contributed by atoms with E-state index in [1.165, 1.54) is 24.3 Å². The lowest BCUT2D eigenvalue weighted by Gasteiger charge is -2.44. The monoisotopic (exact) mass is 554 g/mol. The van der Waals surface area contributed by atoms with E-state index in [1.54, 1.807) is 24.3 Å². The Labute approximate surface area is 227 Å². The number of halogens is 1. The minimum atomic E-state index is -3.94. The largest absolute Gasteiger partial charge is 0.369 e. The van der Waals surface area contributed by atoms with Gasteiger partial charge in [-0.1, -0.05) is 31.0 Å². The van der Waals surface area contributed by atoms with Crippen LogP contribution in [-0.4, -0.2) is 38.5 Å². The molecule has 2 aliphatic heterocycles. The van der Waals surface area contributed by atoms with Crippen molar-refractivity contribution >= 4 is 38.9 Å². The highest BCUT2D eigenvalue weighted by Gasteiger charge is 2.35. The van der Waals surface area contributed by atoms with Crippen molar-refractivity contribution in [2.24, 2.45) is 5.92 Å². The molecule has 0 unspecified atom stereocenters. The first kappa shape index (κ1) is 26.3. The van der Waals surface area contributed by atoms with Crippen LogP contribution in [0.2, 0.25) is 5.02 Å². The molecule has 2 aliphatic rings. The number of piperidine rings is 1. The summed E-state index contributed by atoms with van der Waals surface area (Å²) >= 11 is 5.96. The van der Waals surface area contributed by atoms with E-state index in [0.717, 1.165) is 25.0 Å². The Morgan fingerprint density at radius 2 is 1.84 bits per heavy atom. The summed E-state index contributed by atoms with van der Waals surface area (Å²) in [5, 5.41) is 3.34. The van der Waals surface area contributed by atoms with Gasteiger partial charge in [0, 0.05) is 54.4 Å². The second-order valence-electron chi connectivity index (χ2n) is 10.0. The van der Waals surface area contributed by atoms with Crippen LogP contribution in [0.1, 0.15) is 48.2 Å². The summed E-state index contributed by atoms with van der Waals surface area (Å²) in [5.41, 5.74) is 2.45. The van der Waals surface area contributed by atoms with Crippen molar-refractivity contribution in [3.8, 4) is 0 Å². The number of carbonyl (C=O) groups excluding carboxylic acids is 1. The van der Waals surface area contributed by atoms with Crippen molar-refractivity contribution in [3.63, 3.8) is 0 Å². The molecule has 0 saturated carbocycles. The normalized spacial score (nSPS) is 18.5. The number of nitrogens with zero attached hydrogens (tertiary/aromatic N) is 2. The number of hydrogen-bond donors (Lipinski definition) is 2. The number of carbonyl (C=O) groups is 1. The summed E-state index contributed by atoms with van der Waals surface area (Å²) in [7, 11) is -3.94. The number of rotatable bonds is 8. The van der Waals surface area contributed by atoms with E-state index in [1.807, 2.05) is 23.6 Å². The van der Waals surface area contributed by atoms with E-state index in [9.17, 15) is 18.0 Å². The molecule has 0 radical (unpaired) electrons. The molecular formula is C28H31ClN4O4S. The fraction of sp³-hybridized carbons (Fsp3) is 0.357. The standard InChI is InChI=1S/C28H31ClN4O4S/c1-2-3-13-30-28(35)20-7-12-26(24(15-20)31-38(36,37)23-10-8-22(29)9-11-23)32-16-19-14-21(18-32)25-5-4-6-27(34)33(25)17-19/h4-12,15,19,21,31H,2-3,13-14,16-18H2,1H3,(H,30,35)/t19-,21+/m1/s1. The van der Waals surface area contributed by atoms with Crippen LogP contribution in [0.15, 0.2) is 70.4 Å². The van der Waals surface area contributed by atoms with Gasteiger partial charge in [-0.05, 0) is 67.3 Å². The number of pyridine rings is 1. The first-order valence-electron chi connectivity index (χ1n) is 12.9. The fourth-order valence-corrected chi connectivity index (χ4v) is 6.62. The maximum absolute atomic E-state index is 13.3. The van der Waals surface area contributed by atoms with Crippen LogP contribution in [0.3, 0.4) is 0 Å². The topological polar surface area (TPSA) is 101 Å². The molecule has 200 valence electrons. The Balaban J connectivity index is 1.49. The van der Waals surface area contributed by atoms with Crippen LogP contribution in [-0.2, 0) is 16.6 Å². The van der Waals surface area contributed by atoms with Gasteiger partial charge >= 0.3 is 0 Å². The van der Waals surface area contributed by atoms with Gasteiger partial charge < -0.3 is 14.8 Å². The van der Waals surface area contributed by atoms with E-state index in [2.05, 4.69) is 14.9 Å². The van der Waals surface area contributed by atoms with Crippen LogP contribution in [0, 0.1) is 5.92 Å². The number of benzene rings is 2. The average molecular weight is 555 g/mol. The smallest absolute Gasteiger partial charge is 0.261 e. The number of sulfonamides is 1. The van der Waals surface area contributed by atoms with Gasteiger partial charge in [-0.3, -0.25) is 14.3 Å². The summed E-state index contributed by atoms with van der Waals surface area (Å²) < 4.78 is 31.2. The molecular weight excluding hydrogens is 524 g/mol. The highest BCUT2D eigenvalue weighted by molar-refractivity contribution is 7.92. The second-order valence-corrected chi connectivity index (χ2v) is 12.1. The molecule has 1 fully saturated rings. The van der Waals surface area contributed by atoms with E-state index in [4.69, 9.17) is 11.6 Å². The van der Waals surface area contributed by atoms with Crippen molar-refractivity contribution in [3.05, 3.63) is 87.3 Å². The lowest BCUT2D eigenvalue weighted by atomic mass is 9.83. The molecule has 0 aliphatic carbocycles. The zero-order chi connectivity index (χ0) is 26.9. The molecule has 1 amide bonds. The minimum absolute atomic E-state index is 0.0144. The Kier molecular flexibility index (Phi) is 7.49. The number of nitrogens with one attached hydrogen (secondary N) is 2. The van der Waals surface area contributed by atoms with Crippen LogP contribution < -0.4 is 20.5 Å². The summed E-state index contributed by atoms with van der Waals surface area (Å²) in [6.45, 7) is 4.54. The minimum Gasteiger partial charge on any atom is -0.369 e. The van der Waals surface area contributed by atoms with Crippen LogP contribution in [0.4, 0.5) is 11.4 Å². The first-order valence-corrected chi connectivity index (χ1v) is 14.8. The Morgan fingerprint density at radius 3 is 2.61 bits per heavy atom. The van der Waals surface area contributed by atoms with Crippen molar-refractivity contribution < 1.29 is 13.2 Å². The third-order valence-corrected chi connectivity index (χ3v) is 8.90. The van der Waals surface area contributed by atoms with Gasteiger partial charge in [-0.25, -0.2) is 8.42 Å². The van der Waals surface area contributed by atoms with Gasteiger partial charge in [0.25, 0.3) is 21.5 Å². The summed E-state index contributed by atoms with van der Waals surface area (Å²) in [6.07, 6.45) is 2.79. The number of hydrogen-bond acceptors (Lipinski definition) is 5. The number of aromatic nitrogens is 1. The lowest BCUT2D eigenvalue weighted by molar-refractivity contribution is 0.0953. The average Bonchev–Trinajstić information content (AvgIpc) is 2.89. The van der Waals surface area contributed by atoms with E-state index in [0.29, 0.717) is 48.1 Å². The number of amides is 1. The highest BCUT2D eigenvalue weighted by Crippen LogP contribution is 2.39. The van der Waals surface area contributed by atoms with Crippen molar-refractivity contribution in [2.75, 3.05) is 29.3 Å². The fourth-order valence-electron chi connectivity index (χ4n) is 5.43. The lowest BCUT2D eigenvalue weighted by Crippen LogP contribution is -2.47. The van der Waals surface area contributed by atoms with Gasteiger partial charge in [0.1, 0.15) is 0 Å². The van der Waals surface area contributed by atoms with E-state index < -0.39 is 10.0 Å². The zero-order valence-corrected chi connectivity index (χ0v) is 22.8. The Hall–Kier alpha value is -3.30. The molecule has 0 spiro atoms. The molecule has 2 atom stereocenters. The summed E-state index contributed by atoms with van der Waals surface area (Å²) in [6, 6.07) is 16.5. The molecule has 2 bridgehead atoms. The molecule has 1 aromatic heterocycles. The van der Waals surface area contributed by atoms with Gasteiger partial charge in [0.05, 0.1) is 16.3 Å².